The summed E-state index contributed by atoms with van der Waals surface area (Å²) in [6, 6.07) is 2.09. The number of alkyl halides is 6. The maximum atomic E-state index is 12.3. The monoisotopic (exact) mass is 256 g/mol. The zero-order valence-electron chi connectivity index (χ0n) is 8.10. The Kier molecular flexibility index (Phi) is 3.40. The van der Waals surface area contributed by atoms with Gasteiger partial charge in [0.2, 0.25) is 0 Å². The Morgan fingerprint density at radius 2 is 1.59 bits per heavy atom. The third-order valence-electron chi connectivity index (χ3n) is 1.79. The van der Waals surface area contributed by atoms with Gasteiger partial charge in [-0.15, -0.1) is 0 Å². The smallest absolute Gasteiger partial charge is 0.419 e. The van der Waals surface area contributed by atoms with Crippen LogP contribution in [-0.4, -0.2) is 11.3 Å². The summed E-state index contributed by atoms with van der Waals surface area (Å²) in [5, 5.41) is 8.93. The third kappa shape index (κ3) is 4.01. The van der Waals surface area contributed by atoms with Gasteiger partial charge in [-0.25, -0.2) is 0 Å². The topological polar surface area (TPSA) is 20.2 Å². The first-order valence-electron chi connectivity index (χ1n) is 4.26. The van der Waals surface area contributed by atoms with E-state index in [1.165, 1.54) is 0 Å². The average Bonchev–Trinajstić information content (AvgIpc) is 2.13. The number of hydrogen-bond acceptors (Lipinski definition) is 1. The van der Waals surface area contributed by atoms with Gasteiger partial charge in [-0.2, -0.15) is 26.3 Å². The highest BCUT2D eigenvalue weighted by Crippen LogP contribution is 2.36. The Hall–Kier alpha value is -1.66. The van der Waals surface area contributed by atoms with Gasteiger partial charge in [0, 0.05) is 6.08 Å². The van der Waals surface area contributed by atoms with Crippen LogP contribution in [-0.2, 0) is 6.18 Å². The molecule has 1 rings (SSSR count). The van der Waals surface area contributed by atoms with Crippen molar-refractivity contribution in [1.82, 2.24) is 0 Å². The van der Waals surface area contributed by atoms with Crippen molar-refractivity contribution in [3.05, 3.63) is 35.4 Å². The minimum absolute atomic E-state index is 0.181. The first-order valence-corrected chi connectivity index (χ1v) is 4.26. The van der Waals surface area contributed by atoms with Gasteiger partial charge in [0.1, 0.15) is 5.75 Å². The van der Waals surface area contributed by atoms with E-state index >= 15 is 0 Å². The number of allylic oxidation sites excluding steroid dienone is 1. The van der Waals surface area contributed by atoms with E-state index in [0.717, 1.165) is 6.07 Å². The second kappa shape index (κ2) is 4.31. The molecule has 0 fully saturated rings. The fourth-order valence-corrected chi connectivity index (χ4v) is 1.08. The second-order valence-electron chi connectivity index (χ2n) is 3.15. The summed E-state index contributed by atoms with van der Waals surface area (Å²) in [5.74, 6) is -1.03. The highest BCUT2D eigenvalue weighted by molar-refractivity contribution is 5.54. The molecule has 7 heteroatoms. The molecular weight excluding hydrogens is 250 g/mol. The molecule has 0 spiro atoms. The zero-order chi connectivity index (χ0) is 13.3. The molecule has 0 aromatic heterocycles. The van der Waals surface area contributed by atoms with E-state index in [1.807, 2.05) is 0 Å². The quantitative estimate of drug-likeness (QED) is 0.753. The van der Waals surface area contributed by atoms with Crippen LogP contribution >= 0.6 is 0 Å². The molecule has 1 N–H and O–H groups in total. The maximum Gasteiger partial charge on any atom is 0.419 e. The van der Waals surface area contributed by atoms with Crippen molar-refractivity contribution in [3.63, 3.8) is 0 Å². The minimum Gasteiger partial charge on any atom is -0.507 e. The van der Waals surface area contributed by atoms with Crippen molar-refractivity contribution < 1.29 is 31.4 Å². The fourth-order valence-electron chi connectivity index (χ4n) is 1.08. The molecule has 0 saturated heterocycles. The fraction of sp³-hybridized carbons (Fsp3) is 0.200. The number of benzene rings is 1. The average molecular weight is 256 g/mol. The molecule has 1 nitrogen and oxygen atoms in total. The molecule has 0 unspecified atom stereocenters. The Morgan fingerprint density at radius 3 is 2.06 bits per heavy atom. The Labute approximate surface area is 92.0 Å². The van der Waals surface area contributed by atoms with Crippen molar-refractivity contribution in [3.8, 4) is 5.75 Å². The van der Waals surface area contributed by atoms with Crippen molar-refractivity contribution in [2.45, 2.75) is 12.4 Å². The predicted molar refractivity (Wildman–Crippen MR) is 48.2 cm³/mol. The lowest BCUT2D eigenvalue weighted by atomic mass is 10.1. The van der Waals surface area contributed by atoms with Gasteiger partial charge in [0.25, 0.3) is 0 Å². The molecule has 1 aromatic rings. The van der Waals surface area contributed by atoms with Gasteiger partial charge in [-0.1, -0.05) is 12.1 Å². The Morgan fingerprint density at radius 1 is 1.00 bits per heavy atom. The lowest BCUT2D eigenvalue weighted by Gasteiger charge is -2.09. The molecule has 0 bridgehead atoms. The van der Waals surface area contributed by atoms with Crippen LogP contribution in [0.3, 0.4) is 0 Å². The van der Waals surface area contributed by atoms with Gasteiger partial charge in [0.15, 0.2) is 0 Å². The SMILES string of the molecule is Oc1ccc(C=CC(F)(F)F)cc1C(F)(F)F. The summed E-state index contributed by atoms with van der Waals surface area (Å²) in [5.41, 5.74) is -1.67. The molecule has 0 amide bonds. The molecule has 0 aliphatic heterocycles. The van der Waals surface area contributed by atoms with Crippen LogP contribution in [0.4, 0.5) is 26.3 Å². The number of rotatable bonds is 1. The van der Waals surface area contributed by atoms with Crippen LogP contribution in [0, 0.1) is 0 Å². The van der Waals surface area contributed by atoms with Crippen LogP contribution in [0.25, 0.3) is 6.08 Å². The molecule has 0 aliphatic carbocycles. The van der Waals surface area contributed by atoms with E-state index in [2.05, 4.69) is 0 Å². The minimum atomic E-state index is -4.81. The third-order valence-corrected chi connectivity index (χ3v) is 1.79. The van der Waals surface area contributed by atoms with E-state index < -0.39 is 23.7 Å². The lowest BCUT2D eigenvalue weighted by molar-refractivity contribution is -0.138. The van der Waals surface area contributed by atoms with E-state index in [0.29, 0.717) is 18.2 Å². The van der Waals surface area contributed by atoms with Gasteiger partial charge in [0.05, 0.1) is 5.56 Å². The van der Waals surface area contributed by atoms with Crippen LogP contribution in [0.2, 0.25) is 0 Å². The van der Waals surface area contributed by atoms with Crippen molar-refractivity contribution in [2.75, 3.05) is 0 Å². The first-order chi connectivity index (χ1) is 7.59. The van der Waals surface area contributed by atoms with Crippen LogP contribution in [0.15, 0.2) is 24.3 Å². The van der Waals surface area contributed by atoms with E-state index in [1.54, 1.807) is 0 Å². The van der Waals surface area contributed by atoms with Gasteiger partial charge in [-0.05, 0) is 17.7 Å². The second-order valence-corrected chi connectivity index (χ2v) is 3.15. The maximum absolute atomic E-state index is 12.3. The largest absolute Gasteiger partial charge is 0.507 e. The highest BCUT2D eigenvalue weighted by Gasteiger charge is 2.33. The summed E-state index contributed by atoms with van der Waals surface area (Å²) >= 11 is 0. The van der Waals surface area contributed by atoms with Crippen molar-refractivity contribution in [2.24, 2.45) is 0 Å². The molecule has 1 aromatic carbocycles. The number of phenols is 1. The number of hydrogen-bond donors (Lipinski definition) is 1. The van der Waals surface area contributed by atoms with Crippen molar-refractivity contribution in [1.29, 1.82) is 0 Å². The summed E-state index contributed by atoms with van der Waals surface area (Å²) in [6.07, 6.45) is -9.10. The summed E-state index contributed by atoms with van der Waals surface area (Å²) < 4.78 is 72.3. The lowest BCUT2D eigenvalue weighted by Crippen LogP contribution is -2.05. The molecule has 0 atom stereocenters. The summed E-state index contributed by atoms with van der Waals surface area (Å²) in [7, 11) is 0. The standard InChI is InChI=1S/C10H6F6O/c11-9(12,13)4-3-6-1-2-8(17)7(5-6)10(14,15)16/h1-5,17H. The van der Waals surface area contributed by atoms with Crippen LogP contribution in [0.5, 0.6) is 5.75 Å². The van der Waals surface area contributed by atoms with E-state index in [9.17, 15) is 26.3 Å². The molecular formula is C10H6F6O. The molecule has 94 valence electrons. The first kappa shape index (κ1) is 13.4. The summed E-state index contributed by atoms with van der Waals surface area (Å²) in [4.78, 5) is 0. The Balaban J connectivity index is 3.10. The zero-order valence-corrected chi connectivity index (χ0v) is 8.10. The van der Waals surface area contributed by atoms with Crippen LogP contribution in [0.1, 0.15) is 11.1 Å². The summed E-state index contributed by atoms with van der Waals surface area (Å²) in [6.45, 7) is 0. The molecule has 0 saturated carbocycles. The molecule has 0 aliphatic rings. The normalized spacial score (nSPS) is 13.3. The highest BCUT2D eigenvalue weighted by atomic mass is 19.4. The molecule has 0 heterocycles. The van der Waals surface area contributed by atoms with Gasteiger partial charge < -0.3 is 5.11 Å². The molecule has 0 radical (unpaired) electrons. The van der Waals surface area contributed by atoms with Crippen LogP contribution < -0.4 is 0 Å². The van der Waals surface area contributed by atoms with Gasteiger partial charge in [-0.3, -0.25) is 0 Å². The number of halogens is 6. The predicted octanol–water partition coefficient (Wildman–Crippen LogP) is 3.99. The Bertz CT molecular complexity index is 429. The molecule has 17 heavy (non-hydrogen) atoms. The number of aromatic hydroxyl groups is 1. The van der Waals surface area contributed by atoms with E-state index in [-0.39, 0.29) is 11.6 Å². The van der Waals surface area contributed by atoms with Gasteiger partial charge >= 0.3 is 12.4 Å². The van der Waals surface area contributed by atoms with E-state index in [4.69, 9.17) is 5.11 Å². The number of phenolic OH excluding ortho intramolecular Hbond substituents is 1. The van der Waals surface area contributed by atoms with Crippen molar-refractivity contribution >= 4 is 6.08 Å².